The zero-order valence-electron chi connectivity index (χ0n) is 17.9. The molecule has 2 heterocycles. The molecule has 2 aromatic heterocycles. The smallest absolute Gasteiger partial charge is 0.262 e. The van der Waals surface area contributed by atoms with E-state index in [-0.39, 0.29) is 11.5 Å². The van der Waals surface area contributed by atoms with E-state index in [0.29, 0.717) is 33.4 Å². The van der Waals surface area contributed by atoms with Gasteiger partial charge in [-0.05, 0) is 44.0 Å². The third-order valence-electron chi connectivity index (χ3n) is 4.94. The van der Waals surface area contributed by atoms with E-state index in [4.69, 9.17) is 9.47 Å². The molecule has 0 bridgehead atoms. The summed E-state index contributed by atoms with van der Waals surface area (Å²) in [4.78, 5) is 31.8. The predicted molar refractivity (Wildman–Crippen MR) is 121 cm³/mol. The number of fused-ring (bicyclic) bond motifs is 1. The molecule has 0 aliphatic rings. The van der Waals surface area contributed by atoms with Crippen LogP contribution in [0.1, 0.15) is 22.9 Å². The van der Waals surface area contributed by atoms with Crippen LogP contribution in [0.2, 0.25) is 0 Å². The maximum absolute atomic E-state index is 12.8. The minimum Gasteiger partial charge on any atom is -0.493 e. The summed E-state index contributed by atoms with van der Waals surface area (Å²) in [6.45, 7) is 6.08. The Morgan fingerprint density at radius 2 is 1.97 bits per heavy atom. The average Bonchev–Trinajstić information content (AvgIpc) is 3.02. The molecule has 1 unspecified atom stereocenters. The molecule has 0 spiro atoms. The van der Waals surface area contributed by atoms with Gasteiger partial charge >= 0.3 is 0 Å². The number of carbonyl (C=O) groups excluding carboxylic acids is 1. The Morgan fingerprint density at radius 1 is 1.27 bits per heavy atom. The van der Waals surface area contributed by atoms with Crippen molar-refractivity contribution in [2.24, 2.45) is 7.05 Å². The highest BCUT2D eigenvalue weighted by Gasteiger charge is 2.20. The third-order valence-corrected chi connectivity index (χ3v) is 7.18. The van der Waals surface area contributed by atoms with Crippen molar-refractivity contribution >= 4 is 39.2 Å². The summed E-state index contributed by atoms with van der Waals surface area (Å²) in [7, 11) is 4.84. The summed E-state index contributed by atoms with van der Waals surface area (Å²) in [6, 6.07) is 5.51. The van der Waals surface area contributed by atoms with Crippen LogP contribution < -0.4 is 20.3 Å². The Bertz CT molecular complexity index is 1150. The standard InChI is InChI=1S/C21H25N3O4S2/c1-11-12(2)29-19-17(11)20(26)24(4)21(23-19)30-13(3)18(25)22-10-14-7-8-15(27-5)16(9-14)28-6/h7-9,13H,10H2,1-6H3,(H,22,25). The van der Waals surface area contributed by atoms with Gasteiger partial charge in [0.25, 0.3) is 5.56 Å². The van der Waals surface area contributed by atoms with Crippen molar-refractivity contribution in [1.29, 1.82) is 0 Å². The van der Waals surface area contributed by atoms with Gasteiger partial charge in [-0.3, -0.25) is 14.2 Å². The molecule has 0 aliphatic carbocycles. The van der Waals surface area contributed by atoms with Gasteiger partial charge < -0.3 is 14.8 Å². The molecular weight excluding hydrogens is 422 g/mol. The maximum Gasteiger partial charge on any atom is 0.262 e. The number of nitrogens with zero attached hydrogens (tertiary/aromatic N) is 2. The highest BCUT2D eigenvalue weighted by Crippen LogP contribution is 2.30. The summed E-state index contributed by atoms with van der Waals surface area (Å²) >= 11 is 2.78. The lowest BCUT2D eigenvalue weighted by Gasteiger charge is -2.14. The largest absolute Gasteiger partial charge is 0.493 e. The minimum atomic E-state index is -0.414. The lowest BCUT2D eigenvalue weighted by atomic mass is 10.2. The summed E-state index contributed by atoms with van der Waals surface area (Å²) in [5, 5.41) is 3.70. The Morgan fingerprint density at radius 3 is 2.63 bits per heavy atom. The molecule has 3 aromatic rings. The second kappa shape index (κ2) is 9.09. The molecule has 1 N–H and O–H groups in total. The van der Waals surface area contributed by atoms with Crippen LogP contribution in [0.4, 0.5) is 0 Å². The van der Waals surface area contributed by atoms with Gasteiger partial charge in [-0.2, -0.15) is 0 Å². The number of hydrogen-bond donors (Lipinski definition) is 1. The van der Waals surface area contributed by atoms with Gasteiger partial charge in [0.1, 0.15) is 4.83 Å². The van der Waals surface area contributed by atoms with Crippen molar-refractivity contribution in [2.75, 3.05) is 14.2 Å². The van der Waals surface area contributed by atoms with E-state index in [1.807, 2.05) is 26.0 Å². The Hall–Kier alpha value is -2.52. The number of aryl methyl sites for hydroxylation is 2. The van der Waals surface area contributed by atoms with Gasteiger partial charge in [0, 0.05) is 18.5 Å². The van der Waals surface area contributed by atoms with Gasteiger partial charge in [-0.25, -0.2) is 4.98 Å². The number of amides is 1. The molecule has 0 radical (unpaired) electrons. The first-order valence-electron chi connectivity index (χ1n) is 9.38. The molecular formula is C21H25N3O4S2. The quantitative estimate of drug-likeness (QED) is 0.441. The molecule has 7 nitrogen and oxygen atoms in total. The highest BCUT2D eigenvalue weighted by atomic mass is 32.2. The fourth-order valence-electron chi connectivity index (χ4n) is 3.00. The highest BCUT2D eigenvalue weighted by molar-refractivity contribution is 8.00. The maximum atomic E-state index is 12.8. The SMILES string of the molecule is COc1ccc(CNC(=O)C(C)Sc2nc3sc(C)c(C)c3c(=O)n2C)cc1OC. The molecule has 1 aromatic carbocycles. The van der Waals surface area contributed by atoms with Crippen LogP contribution in [0.5, 0.6) is 11.5 Å². The molecule has 1 atom stereocenters. The molecule has 160 valence electrons. The molecule has 9 heteroatoms. The number of rotatable bonds is 7. The fraction of sp³-hybridized carbons (Fsp3) is 0.381. The number of benzene rings is 1. The lowest BCUT2D eigenvalue weighted by Crippen LogP contribution is -2.31. The Labute approximate surface area is 183 Å². The van der Waals surface area contributed by atoms with Gasteiger partial charge in [0.05, 0.1) is 24.9 Å². The number of thiophene rings is 1. The number of carbonyl (C=O) groups is 1. The summed E-state index contributed by atoms with van der Waals surface area (Å²) in [5.41, 5.74) is 1.79. The average molecular weight is 448 g/mol. The number of thioether (sulfide) groups is 1. The van der Waals surface area contributed by atoms with Crippen molar-refractivity contribution in [3.8, 4) is 11.5 Å². The van der Waals surface area contributed by atoms with Crippen molar-refractivity contribution in [3.05, 3.63) is 44.6 Å². The van der Waals surface area contributed by atoms with Crippen molar-refractivity contribution < 1.29 is 14.3 Å². The van der Waals surface area contributed by atoms with Crippen LogP contribution in [0, 0.1) is 13.8 Å². The fourth-order valence-corrected chi connectivity index (χ4v) is 4.97. The second-order valence-corrected chi connectivity index (χ2v) is 9.40. The van der Waals surface area contributed by atoms with E-state index in [0.717, 1.165) is 16.0 Å². The normalized spacial score (nSPS) is 12.1. The molecule has 0 fully saturated rings. The van der Waals surface area contributed by atoms with Gasteiger partial charge in [-0.15, -0.1) is 11.3 Å². The molecule has 0 saturated heterocycles. The van der Waals surface area contributed by atoms with E-state index in [1.54, 1.807) is 34.3 Å². The van der Waals surface area contributed by atoms with Crippen molar-refractivity contribution in [3.63, 3.8) is 0 Å². The summed E-state index contributed by atoms with van der Waals surface area (Å²) < 4.78 is 12.0. The number of ether oxygens (including phenoxy) is 2. The monoisotopic (exact) mass is 447 g/mol. The topological polar surface area (TPSA) is 82.5 Å². The molecule has 3 rings (SSSR count). The van der Waals surface area contributed by atoms with E-state index in [2.05, 4.69) is 10.3 Å². The predicted octanol–water partition coefficient (Wildman–Crippen LogP) is 3.43. The van der Waals surface area contributed by atoms with Crippen molar-refractivity contribution in [2.45, 2.75) is 37.7 Å². The third kappa shape index (κ3) is 4.32. The summed E-state index contributed by atoms with van der Waals surface area (Å²) in [5.74, 6) is 1.11. The zero-order chi connectivity index (χ0) is 22.0. The Kier molecular flexibility index (Phi) is 6.72. The first-order valence-corrected chi connectivity index (χ1v) is 11.1. The Balaban J connectivity index is 1.72. The molecule has 0 saturated carbocycles. The van der Waals surface area contributed by atoms with E-state index >= 15 is 0 Å². The first kappa shape index (κ1) is 22.2. The number of methoxy groups -OCH3 is 2. The van der Waals surface area contributed by atoms with Crippen LogP contribution in [0.15, 0.2) is 28.2 Å². The van der Waals surface area contributed by atoms with Crippen LogP contribution in [-0.4, -0.2) is 34.9 Å². The zero-order valence-corrected chi connectivity index (χ0v) is 19.5. The van der Waals surface area contributed by atoms with Crippen molar-refractivity contribution in [1.82, 2.24) is 14.9 Å². The second-order valence-electron chi connectivity index (χ2n) is 6.89. The van der Waals surface area contributed by atoms with Gasteiger partial charge in [0.2, 0.25) is 5.91 Å². The molecule has 0 aliphatic heterocycles. The van der Waals surface area contributed by atoms with E-state index < -0.39 is 5.25 Å². The van der Waals surface area contributed by atoms with Gasteiger partial charge in [0.15, 0.2) is 16.7 Å². The van der Waals surface area contributed by atoms with Gasteiger partial charge in [-0.1, -0.05) is 17.8 Å². The lowest BCUT2D eigenvalue weighted by molar-refractivity contribution is -0.120. The number of aromatic nitrogens is 2. The van der Waals surface area contributed by atoms with Crippen LogP contribution >= 0.6 is 23.1 Å². The molecule has 1 amide bonds. The van der Waals surface area contributed by atoms with Crippen LogP contribution in [0.25, 0.3) is 10.2 Å². The van der Waals surface area contributed by atoms with E-state index in [1.165, 1.54) is 27.7 Å². The van der Waals surface area contributed by atoms with Crippen LogP contribution in [-0.2, 0) is 18.4 Å². The molecule has 30 heavy (non-hydrogen) atoms. The number of hydrogen-bond acceptors (Lipinski definition) is 7. The number of nitrogens with one attached hydrogen (secondary N) is 1. The van der Waals surface area contributed by atoms with Crippen LogP contribution in [0.3, 0.4) is 0 Å². The summed E-state index contributed by atoms with van der Waals surface area (Å²) in [6.07, 6.45) is 0. The minimum absolute atomic E-state index is 0.0812. The first-order chi connectivity index (χ1) is 14.3. The van der Waals surface area contributed by atoms with E-state index in [9.17, 15) is 9.59 Å².